The molecule has 0 aromatic heterocycles. The van der Waals surface area contributed by atoms with Crippen LogP contribution in [0.25, 0.3) is 0 Å². The van der Waals surface area contributed by atoms with Gasteiger partial charge >= 0.3 is 0 Å². The van der Waals surface area contributed by atoms with Gasteiger partial charge in [-0.3, -0.25) is 0 Å². The van der Waals surface area contributed by atoms with Crippen LogP contribution >= 0.6 is 0 Å². The SMILES string of the molecule is CC1(C)C2CCC1(C)C1OC([C]3CCCC3)CC21. The molecule has 5 unspecified atom stereocenters. The van der Waals surface area contributed by atoms with Crippen molar-refractivity contribution in [2.75, 3.05) is 0 Å². The Bertz CT molecular complexity index is 355. The molecule has 101 valence electrons. The standard InChI is InChI=1S/C17H27O/c1-16(2)13-8-9-17(16,3)15-12(13)10-14(18-15)11-6-4-5-7-11/h12-15H,4-10H2,1-3H3. The molecule has 1 nitrogen and oxygen atoms in total. The largest absolute Gasteiger partial charge is 0.373 e. The molecule has 0 aromatic carbocycles. The van der Waals surface area contributed by atoms with E-state index < -0.39 is 0 Å². The number of hydrogen-bond acceptors (Lipinski definition) is 1. The van der Waals surface area contributed by atoms with Crippen LogP contribution in [0.15, 0.2) is 0 Å². The molecule has 4 rings (SSSR count). The van der Waals surface area contributed by atoms with E-state index >= 15 is 0 Å². The molecule has 0 N–H and O–H groups in total. The second-order valence-electron chi connectivity index (χ2n) is 8.09. The van der Waals surface area contributed by atoms with Gasteiger partial charge in [-0.1, -0.05) is 33.6 Å². The van der Waals surface area contributed by atoms with E-state index in [4.69, 9.17) is 4.74 Å². The highest BCUT2D eigenvalue weighted by Crippen LogP contribution is 2.71. The highest BCUT2D eigenvalue weighted by Gasteiger charge is 2.69. The normalized spacial score (nSPS) is 54.2. The third kappa shape index (κ3) is 1.23. The van der Waals surface area contributed by atoms with Crippen LogP contribution in [0.3, 0.4) is 0 Å². The second kappa shape index (κ2) is 3.53. The third-order valence-electron chi connectivity index (χ3n) is 7.41. The minimum absolute atomic E-state index is 0.455. The molecule has 1 saturated heterocycles. The van der Waals surface area contributed by atoms with E-state index in [0.717, 1.165) is 11.8 Å². The summed E-state index contributed by atoms with van der Waals surface area (Å²) in [6, 6.07) is 0. The Kier molecular flexibility index (Phi) is 2.31. The Morgan fingerprint density at radius 3 is 2.50 bits per heavy atom. The zero-order valence-electron chi connectivity index (χ0n) is 12.2. The fourth-order valence-electron chi connectivity index (χ4n) is 5.94. The Balaban J connectivity index is 1.59. The molecule has 2 bridgehead atoms. The van der Waals surface area contributed by atoms with Gasteiger partial charge in [-0.25, -0.2) is 0 Å². The molecule has 1 radical (unpaired) electrons. The molecular weight excluding hydrogens is 220 g/mol. The quantitative estimate of drug-likeness (QED) is 0.669. The van der Waals surface area contributed by atoms with Gasteiger partial charge in [0.1, 0.15) is 0 Å². The molecule has 4 fully saturated rings. The molecule has 1 aliphatic heterocycles. The van der Waals surface area contributed by atoms with Crippen LogP contribution < -0.4 is 0 Å². The van der Waals surface area contributed by atoms with Crippen molar-refractivity contribution in [2.24, 2.45) is 22.7 Å². The van der Waals surface area contributed by atoms with Gasteiger partial charge in [0.2, 0.25) is 0 Å². The molecule has 0 aromatic rings. The molecule has 3 aliphatic carbocycles. The summed E-state index contributed by atoms with van der Waals surface area (Å²) in [6.45, 7) is 7.52. The van der Waals surface area contributed by atoms with Crippen molar-refractivity contribution < 1.29 is 4.74 Å². The molecular formula is C17H27O. The van der Waals surface area contributed by atoms with E-state index in [1.165, 1.54) is 44.9 Å². The van der Waals surface area contributed by atoms with Gasteiger partial charge < -0.3 is 4.74 Å². The Morgan fingerprint density at radius 2 is 1.83 bits per heavy atom. The van der Waals surface area contributed by atoms with Gasteiger partial charge in [0.15, 0.2) is 0 Å². The first-order valence-corrected chi connectivity index (χ1v) is 8.04. The summed E-state index contributed by atoms with van der Waals surface area (Å²) in [5, 5.41) is 0. The average molecular weight is 247 g/mol. The first-order valence-electron chi connectivity index (χ1n) is 8.04. The lowest BCUT2D eigenvalue weighted by molar-refractivity contribution is -0.0512. The van der Waals surface area contributed by atoms with Gasteiger partial charge in [-0.2, -0.15) is 0 Å². The van der Waals surface area contributed by atoms with E-state index in [1.807, 2.05) is 0 Å². The molecule has 5 atom stereocenters. The van der Waals surface area contributed by atoms with Gasteiger partial charge in [0.25, 0.3) is 0 Å². The van der Waals surface area contributed by atoms with Gasteiger partial charge in [0, 0.05) is 5.92 Å². The van der Waals surface area contributed by atoms with Crippen molar-refractivity contribution in [1.82, 2.24) is 0 Å². The summed E-state index contributed by atoms with van der Waals surface area (Å²) < 4.78 is 6.60. The summed E-state index contributed by atoms with van der Waals surface area (Å²) in [6.07, 6.45) is 10.9. The monoisotopic (exact) mass is 247 g/mol. The van der Waals surface area contributed by atoms with E-state index in [2.05, 4.69) is 20.8 Å². The molecule has 1 heterocycles. The molecule has 3 saturated carbocycles. The summed E-state index contributed by atoms with van der Waals surface area (Å²) in [5.41, 5.74) is 0.962. The van der Waals surface area contributed by atoms with Crippen molar-refractivity contribution >= 4 is 0 Å². The lowest BCUT2D eigenvalue weighted by Crippen LogP contribution is -2.38. The third-order valence-corrected chi connectivity index (χ3v) is 7.41. The Morgan fingerprint density at radius 1 is 1.11 bits per heavy atom. The maximum absolute atomic E-state index is 6.60. The second-order valence-corrected chi connectivity index (χ2v) is 8.09. The van der Waals surface area contributed by atoms with Crippen LogP contribution in [-0.4, -0.2) is 12.2 Å². The van der Waals surface area contributed by atoms with Crippen LogP contribution in [-0.2, 0) is 4.74 Å². The van der Waals surface area contributed by atoms with Crippen LogP contribution in [0.2, 0.25) is 0 Å². The minimum Gasteiger partial charge on any atom is -0.373 e. The predicted octanol–water partition coefficient (Wildman–Crippen LogP) is 4.36. The smallest absolute Gasteiger partial charge is 0.0669 e. The van der Waals surface area contributed by atoms with Gasteiger partial charge in [-0.15, -0.1) is 0 Å². The van der Waals surface area contributed by atoms with Gasteiger partial charge in [0.05, 0.1) is 12.2 Å². The maximum Gasteiger partial charge on any atom is 0.0669 e. The zero-order chi connectivity index (χ0) is 12.5. The van der Waals surface area contributed by atoms with Crippen LogP contribution in [0.5, 0.6) is 0 Å². The van der Waals surface area contributed by atoms with E-state index in [-0.39, 0.29) is 0 Å². The summed E-state index contributed by atoms with van der Waals surface area (Å²) in [5.74, 6) is 3.56. The highest BCUT2D eigenvalue weighted by atomic mass is 16.5. The lowest BCUT2D eigenvalue weighted by atomic mass is 9.70. The van der Waals surface area contributed by atoms with Crippen LogP contribution in [0.1, 0.15) is 65.7 Å². The van der Waals surface area contributed by atoms with E-state index in [9.17, 15) is 0 Å². The Hall–Kier alpha value is -0.0400. The number of fused-ring (bicyclic) bond motifs is 5. The topological polar surface area (TPSA) is 9.23 Å². The number of rotatable bonds is 1. The number of hydrogen-bond donors (Lipinski definition) is 0. The summed E-state index contributed by atoms with van der Waals surface area (Å²) >= 11 is 0. The lowest BCUT2D eigenvalue weighted by Gasteiger charge is -2.39. The summed E-state index contributed by atoms with van der Waals surface area (Å²) in [4.78, 5) is 0. The highest BCUT2D eigenvalue weighted by molar-refractivity contribution is 5.19. The predicted molar refractivity (Wildman–Crippen MR) is 73.1 cm³/mol. The maximum atomic E-state index is 6.60. The van der Waals surface area contributed by atoms with E-state index in [0.29, 0.717) is 23.0 Å². The average Bonchev–Trinajstić information content (AvgIpc) is 3.02. The van der Waals surface area contributed by atoms with Crippen molar-refractivity contribution in [3.63, 3.8) is 0 Å². The fourth-order valence-corrected chi connectivity index (χ4v) is 5.94. The molecule has 1 heteroatoms. The van der Waals surface area contributed by atoms with E-state index in [1.54, 1.807) is 5.92 Å². The van der Waals surface area contributed by atoms with Crippen molar-refractivity contribution in [1.29, 1.82) is 0 Å². The van der Waals surface area contributed by atoms with Crippen molar-refractivity contribution in [3.8, 4) is 0 Å². The minimum atomic E-state index is 0.455. The molecule has 0 amide bonds. The van der Waals surface area contributed by atoms with Crippen LogP contribution in [0.4, 0.5) is 0 Å². The zero-order valence-corrected chi connectivity index (χ0v) is 12.2. The first-order chi connectivity index (χ1) is 8.54. The van der Waals surface area contributed by atoms with Crippen LogP contribution in [0, 0.1) is 28.6 Å². The summed E-state index contributed by atoms with van der Waals surface area (Å²) in [7, 11) is 0. The molecule has 4 aliphatic rings. The number of ether oxygens (including phenoxy) is 1. The first kappa shape index (κ1) is 11.8. The van der Waals surface area contributed by atoms with Gasteiger partial charge in [-0.05, 0) is 54.8 Å². The van der Waals surface area contributed by atoms with Crippen molar-refractivity contribution in [3.05, 3.63) is 5.92 Å². The molecule has 18 heavy (non-hydrogen) atoms. The fraction of sp³-hybridized carbons (Fsp3) is 0.941. The Labute approximate surface area is 112 Å². The molecule has 0 spiro atoms. The van der Waals surface area contributed by atoms with Crippen molar-refractivity contribution in [2.45, 2.75) is 77.9 Å².